The summed E-state index contributed by atoms with van der Waals surface area (Å²) in [5.41, 5.74) is 0.875. The Morgan fingerprint density at radius 1 is 1.29 bits per heavy atom. The van der Waals surface area contributed by atoms with E-state index in [4.69, 9.17) is 4.74 Å². The Balaban J connectivity index is 1.99. The highest BCUT2D eigenvalue weighted by Crippen LogP contribution is 2.26. The van der Waals surface area contributed by atoms with E-state index in [0.29, 0.717) is 6.54 Å². The minimum atomic E-state index is -0.444. The maximum absolute atomic E-state index is 12.1. The second-order valence-electron chi connectivity index (χ2n) is 7.83. The molecule has 118 valence electrons. The number of ether oxygens (including phenoxy) is 1. The summed E-state index contributed by atoms with van der Waals surface area (Å²) in [5.74, 6) is 0. The van der Waals surface area contributed by atoms with E-state index >= 15 is 0 Å². The van der Waals surface area contributed by atoms with Gasteiger partial charge in [-0.1, -0.05) is 20.8 Å². The Kier molecular flexibility index (Phi) is 4.04. The van der Waals surface area contributed by atoms with Gasteiger partial charge in [-0.15, -0.1) is 0 Å². The van der Waals surface area contributed by atoms with E-state index in [1.54, 1.807) is 4.90 Å². The summed E-state index contributed by atoms with van der Waals surface area (Å²) < 4.78 is 7.41. The fourth-order valence-corrected chi connectivity index (χ4v) is 2.38. The number of carbonyl (C=O) groups excluding carboxylic acids is 1. The van der Waals surface area contributed by atoms with Gasteiger partial charge in [-0.25, -0.2) is 4.79 Å². The minimum Gasteiger partial charge on any atom is -0.444 e. The molecule has 1 fully saturated rings. The molecule has 5 nitrogen and oxygen atoms in total. The van der Waals surface area contributed by atoms with Crippen molar-refractivity contribution in [3.63, 3.8) is 0 Å². The lowest BCUT2D eigenvalue weighted by molar-refractivity contribution is 0.0288. The largest absolute Gasteiger partial charge is 0.444 e. The van der Waals surface area contributed by atoms with Gasteiger partial charge in [0.25, 0.3) is 0 Å². The van der Waals surface area contributed by atoms with Gasteiger partial charge in [0.2, 0.25) is 0 Å². The Bertz CT molecular complexity index is 508. The number of hydrogen-bond acceptors (Lipinski definition) is 3. The monoisotopic (exact) mass is 293 g/mol. The van der Waals surface area contributed by atoms with Crippen LogP contribution >= 0.6 is 0 Å². The number of aromatic nitrogens is 2. The molecule has 0 radical (unpaired) electrons. The van der Waals surface area contributed by atoms with E-state index in [0.717, 1.165) is 13.0 Å². The van der Waals surface area contributed by atoms with Crippen LogP contribution in [0.15, 0.2) is 12.4 Å². The van der Waals surface area contributed by atoms with Crippen LogP contribution in [0.25, 0.3) is 0 Å². The first kappa shape index (κ1) is 15.9. The molecule has 1 amide bonds. The third-order valence-electron chi connectivity index (χ3n) is 3.66. The quantitative estimate of drug-likeness (QED) is 0.797. The van der Waals surface area contributed by atoms with Gasteiger partial charge in [0.15, 0.2) is 0 Å². The van der Waals surface area contributed by atoms with Crippen molar-refractivity contribution >= 4 is 6.09 Å². The standard InChI is InChI=1S/C16H27N3O2/c1-15(2,3)12-9-17-19(10-12)13-7-8-18(11-13)14(20)21-16(4,5)6/h9-10,13H,7-8,11H2,1-6H3. The van der Waals surface area contributed by atoms with Crippen molar-refractivity contribution in [2.45, 2.75) is 65.0 Å². The Morgan fingerprint density at radius 2 is 1.95 bits per heavy atom. The summed E-state index contributed by atoms with van der Waals surface area (Å²) in [6.07, 6.45) is 4.72. The molecule has 0 saturated carbocycles. The van der Waals surface area contributed by atoms with E-state index < -0.39 is 5.60 Å². The Hall–Kier alpha value is -1.52. The molecule has 0 spiro atoms. The van der Waals surface area contributed by atoms with Crippen LogP contribution in [0.5, 0.6) is 0 Å². The van der Waals surface area contributed by atoms with Gasteiger partial charge in [0.05, 0.1) is 12.2 Å². The van der Waals surface area contributed by atoms with Crippen molar-refractivity contribution in [3.05, 3.63) is 18.0 Å². The molecule has 1 atom stereocenters. The van der Waals surface area contributed by atoms with E-state index in [2.05, 4.69) is 32.1 Å². The highest BCUT2D eigenvalue weighted by Gasteiger charge is 2.31. The molecule has 0 aliphatic carbocycles. The zero-order valence-corrected chi connectivity index (χ0v) is 14.0. The molecule has 21 heavy (non-hydrogen) atoms. The van der Waals surface area contributed by atoms with Crippen molar-refractivity contribution in [1.29, 1.82) is 0 Å². The third kappa shape index (κ3) is 3.99. The van der Waals surface area contributed by atoms with E-state index in [-0.39, 0.29) is 17.6 Å². The molecule has 1 aromatic heterocycles. The summed E-state index contributed by atoms with van der Waals surface area (Å²) in [4.78, 5) is 13.8. The highest BCUT2D eigenvalue weighted by molar-refractivity contribution is 5.68. The minimum absolute atomic E-state index is 0.0989. The third-order valence-corrected chi connectivity index (χ3v) is 3.66. The van der Waals surface area contributed by atoms with Crippen LogP contribution in [0.3, 0.4) is 0 Å². The number of nitrogens with zero attached hydrogens (tertiary/aromatic N) is 3. The van der Waals surface area contributed by atoms with Gasteiger partial charge in [-0.05, 0) is 38.2 Å². The highest BCUT2D eigenvalue weighted by atomic mass is 16.6. The molecule has 1 aliphatic heterocycles. The first-order chi connectivity index (χ1) is 9.56. The van der Waals surface area contributed by atoms with Crippen LogP contribution in [0.4, 0.5) is 4.79 Å². The number of amides is 1. The van der Waals surface area contributed by atoms with Crippen molar-refractivity contribution in [1.82, 2.24) is 14.7 Å². The molecule has 0 aromatic carbocycles. The smallest absolute Gasteiger partial charge is 0.410 e. The van der Waals surface area contributed by atoms with Gasteiger partial charge in [-0.2, -0.15) is 5.10 Å². The van der Waals surface area contributed by atoms with Crippen LogP contribution in [0, 0.1) is 0 Å². The normalized spacial score (nSPS) is 19.9. The molecule has 5 heteroatoms. The van der Waals surface area contributed by atoms with Gasteiger partial charge in [-0.3, -0.25) is 4.68 Å². The molecule has 1 unspecified atom stereocenters. The average molecular weight is 293 g/mol. The Morgan fingerprint density at radius 3 is 2.48 bits per heavy atom. The maximum atomic E-state index is 12.1. The number of hydrogen-bond donors (Lipinski definition) is 0. The lowest BCUT2D eigenvalue weighted by Gasteiger charge is -2.24. The fraction of sp³-hybridized carbons (Fsp3) is 0.750. The predicted molar refractivity (Wildman–Crippen MR) is 82.4 cm³/mol. The van der Waals surface area contributed by atoms with Crippen molar-refractivity contribution in [3.8, 4) is 0 Å². The zero-order valence-electron chi connectivity index (χ0n) is 14.0. The number of rotatable bonds is 1. The molecule has 1 saturated heterocycles. The average Bonchev–Trinajstić information content (AvgIpc) is 2.95. The zero-order chi connectivity index (χ0) is 15.8. The lowest BCUT2D eigenvalue weighted by Crippen LogP contribution is -2.35. The molecule has 2 rings (SSSR count). The topological polar surface area (TPSA) is 47.4 Å². The number of carbonyl (C=O) groups is 1. The molecular weight excluding hydrogens is 266 g/mol. The SMILES string of the molecule is CC(C)(C)OC(=O)N1CCC(n2cc(C(C)(C)C)cn2)C1. The van der Waals surface area contributed by atoms with E-state index in [1.165, 1.54) is 5.56 Å². The number of likely N-dealkylation sites (tertiary alicyclic amines) is 1. The molecule has 1 aliphatic rings. The van der Waals surface area contributed by atoms with Crippen LogP contribution in [0.1, 0.15) is 59.6 Å². The van der Waals surface area contributed by atoms with Gasteiger partial charge < -0.3 is 9.64 Å². The second-order valence-corrected chi connectivity index (χ2v) is 7.83. The van der Waals surface area contributed by atoms with Crippen LogP contribution in [-0.4, -0.2) is 39.5 Å². The second kappa shape index (κ2) is 5.35. The van der Waals surface area contributed by atoms with Gasteiger partial charge >= 0.3 is 6.09 Å². The van der Waals surface area contributed by atoms with Gasteiger partial charge in [0.1, 0.15) is 5.60 Å². The molecule has 0 N–H and O–H groups in total. The van der Waals surface area contributed by atoms with E-state index in [1.807, 2.05) is 31.6 Å². The van der Waals surface area contributed by atoms with Crippen molar-refractivity contribution in [2.75, 3.05) is 13.1 Å². The summed E-state index contributed by atoms with van der Waals surface area (Å²) >= 11 is 0. The summed E-state index contributed by atoms with van der Waals surface area (Å²) in [7, 11) is 0. The summed E-state index contributed by atoms with van der Waals surface area (Å²) in [5, 5.41) is 4.47. The summed E-state index contributed by atoms with van der Waals surface area (Å²) in [6, 6.07) is 0.244. The first-order valence-corrected chi connectivity index (χ1v) is 7.59. The molecule has 1 aromatic rings. The summed E-state index contributed by atoms with van der Waals surface area (Å²) in [6.45, 7) is 13.6. The molecular formula is C16H27N3O2. The molecule has 2 heterocycles. The van der Waals surface area contributed by atoms with Gasteiger partial charge in [0, 0.05) is 19.3 Å². The van der Waals surface area contributed by atoms with Crippen LogP contribution < -0.4 is 0 Å². The molecule has 0 bridgehead atoms. The van der Waals surface area contributed by atoms with Crippen molar-refractivity contribution in [2.24, 2.45) is 0 Å². The maximum Gasteiger partial charge on any atom is 0.410 e. The lowest BCUT2D eigenvalue weighted by atomic mass is 9.90. The Labute approximate surface area is 127 Å². The van der Waals surface area contributed by atoms with Crippen molar-refractivity contribution < 1.29 is 9.53 Å². The first-order valence-electron chi connectivity index (χ1n) is 7.59. The fourth-order valence-electron chi connectivity index (χ4n) is 2.38. The van der Waals surface area contributed by atoms with Crippen LogP contribution in [-0.2, 0) is 10.2 Å². The van der Waals surface area contributed by atoms with Crippen LogP contribution in [0.2, 0.25) is 0 Å². The predicted octanol–water partition coefficient (Wildman–Crippen LogP) is 3.36. The van der Waals surface area contributed by atoms with E-state index in [9.17, 15) is 4.79 Å².